The highest BCUT2D eigenvalue weighted by Gasteiger charge is 2.50. The van der Waals surface area contributed by atoms with Crippen molar-refractivity contribution in [1.82, 2.24) is 0 Å². The number of halogens is 1. The molecule has 20 heavy (non-hydrogen) atoms. The molecule has 1 aromatic carbocycles. The van der Waals surface area contributed by atoms with Crippen molar-refractivity contribution in [2.45, 2.75) is 33.1 Å². The fraction of sp³-hybridized carbons (Fsp3) is 0.529. The van der Waals surface area contributed by atoms with E-state index in [9.17, 15) is 0 Å². The maximum atomic E-state index is 5.96. The summed E-state index contributed by atoms with van der Waals surface area (Å²) in [6, 6.07) is 5.36. The van der Waals surface area contributed by atoms with Crippen molar-refractivity contribution in [1.29, 1.82) is 0 Å². The molecule has 0 radical (unpaired) electrons. The van der Waals surface area contributed by atoms with Crippen molar-refractivity contribution >= 4 is 17.3 Å². The van der Waals surface area contributed by atoms with Gasteiger partial charge in [-0.3, -0.25) is 0 Å². The third-order valence-electron chi connectivity index (χ3n) is 5.21. The van der Waals surface area contributed by atoms with E-state index in [-0.39, 0.29) is 0 Å². The maximum Gasteiger partial charge on any atom is 0.143 e. The van der Waals surface area contributed by atoms with E-state index in [1.54, 1.807) is 23.8 Å². The topological polar surface area (TPSA) is 35.2 Å². The first-order chi connectivity index (χ1) is 9.48. The van der Waals surface area contributed by atoms with Gasteiger partial charge in [0.25, 0.3) is 0 Å². The smallest absolute Gasteiger partial charge is 0.143 e. The van der Waals surface area contributed by atoms with Crippen molar-refractivity contribution in [3.8, 4) is 5.75 Å². The highest BCUT2D eigenvalue weighted by molar-refractivity contribution is 6.30. The third kappa shape index (κ3) is 2.31. The fourth-order valence-corrected chi connectivity index (χ4v) is 3.83. The number of nitrogens with two attached hydrogens (primary N) is 1. The van der Waals surface area contributed by atoms with Crippen molar-refractivity contribution in [3.63, 3.8) is 0 Å². The number of nitrogen functional groups attached to an aromatic ring is 1. The molecule has 2 atom stereocenters. The van der Waals surface area contributed by atoms with Crippen LogP contribution >= 0.6 is 11.6 Å². The van der Waals surface area contributed by atoms with Gasteiger partial charge in [0.2, 0.25) is 0 Å². The highest BCUT2D eigenvalue weighted by Crippen LogP contribution is 2.59. The number of anilines is 1. The zero-order valence-electron chi connectivity index (χ0n) is 12.2. The maximum absolute atomic E-state index is 5.96. The molecule has 108 valence electrons. The minimum absolute atomic E-state index is 0.485. The van der Waals surface area contributed by atoms with Crippen LogP contribution in [0.1, 0.15) is 33.1 Å². The van der Waals surface area contributed by atoms with E-state index in [0.29, 0.717) is 28.5 Å². The lowest BCUT2D eigenvalue weighted by Gasteiger charge is -2.56. The second kappa shape index (κ2) is 5.00. The van der Waals surface area contributed by atoms with Crippen LogP contribution in [0.15, 0.2) is 29.8 Å². The second-order valence-corrected chi connectivity index (χ2v) is 7.04. The highest BCUT2D eigenvalue weighted by atomic mass is 35.5. The Kier molecular flexibility index (Phi) is 3.45. The average molecular weight is 292 g/mol. The lowest BCUT2D eigenvalue weighted by molar-refractivity contribution is -0.00916. The van der Waals surface area contributed by atoms with Crippen LogP contribution < -0.4 is 10.5 Å². The zero-order chi connectivity index (χ0) is 14.3. The largest absolute Gasteiger partial charge is 0.491 e. The van der Waals surface area contributed by atoms with Crippen molar-refractivity contribution < 1.29 is 4.74 Å². The molecule has 1 aromatic rings. The van der Waals surface area contributed by atoms with Gasteiger partial charge >= 0.3 is 0 Å². The summed E-state index contributed by atoms with van der Waals surface area (Å²) in [6.07, 6.45) is 6.01. The molecular weight excluding hydrogens is 270 g/mol. The SMILES string of the molecule is CC1(C)C2CC=C(CCOc3cc(Cl)ccc3N)C1C2. The lowest BCUT2D eigenvalue weighted by Crippen LogP contribution is -2.48. The van der Waals surface area contributed by atoms with Gasteiger partial charge in [0.1, 0.15) is 5.75 Å². The van der Waals surface area contributed by atoms with Gasteiger partial charge in [0.05, 0.1) is 12.3 Å². The fourth-order valence-electron chi connectivity index (χ4n) is 3.67. The number of benzene rings is 1. The van der Waals surface area contributed by atoms with Gasteiger partial charge < -0.3 is 10.5 Å². The van der Waals surface area contributed by atoms with Gasteiger partial charge in [0, 0.05) is 17.5 Å². The first-order valence-corrected chi connectivity index (χ1v) is 7.73. The molecule has 0 saturated heterocycles. The van der Waals surface area contributed by atoms with Crippen molar-refractivity contribution in [2.75, 3.05) is 12.3 Å². The Balaban J connectivity index is 1.58. The number of hydrogen-bond donors (Lipinski definition) is 1. The number of fused-ring (bicyclic) bond motifs is 1. The van der Waals surface area contributed by atoms with Crippen LogP contribution in [0.2, 0.25) is 5.02 Å². The molecule has 0 amide bonds. The first kappa shape index (κ1) is 13.8. The zero-order valence-corrected chi connectivity index (χ0v) is 12.9. The molecule has 1 fully saturated rings. The Bertz CT molecular complexity index is 550. The lowest BCUT2D eigenvalue weighted by atomic mass is 9.48. The van der Waals surface area contributed by atoms with Crippen LogP contribution in [-0.4, -0.2) is 6.61 Å². The number of hydrogen-bond acceptors (Lipinski definition) is 2. The average Bonchev–Trinajstić information content (AvgIpc) is 2.42. The molecule has 2 N–H and O–H groups in total. The predicted molar refractivity (Wildman–Crippen MR) is 84.1 cm³/mol. The van der Waals surface area contributed by atoms with E-state index in [2.05, 4.69) is 19.9 Å². The van der Waals surface area contributed by atoms with Gasteiger partial charge in [-0.15, -0.1) is 0 Å². The summed E-state index contributed by atoms with van der Waals surface area (Å²) < 4.78 is 5.80. The molecule has 0 aromatic heterocycles. The number of ether oxygens (including phenoxy) is 1. The standard InChI is InChI=1S/C17H22ClNO/c1-17(2)12-4-3-11(14(17)9-12)7-8-20-16-10-13(18)5-6-15(16)19/h3,5-6,10,12,14H,4,7-9,19H2,1-2H3. The van der Waals surface area contributed by atoms with Gasteiger partial charge in [0.15, 0.2) is 0 Å². The molecule has 0 spiro atoms. The molecule has 2 bridgehead atoms. The second-order valence-electron chi connectivity index (χ2n) is 6.60. The van der Waals surface area contributed by atoms with Crippen LogP contribution in [0.5, 0.6) is 5.75 Å². The molecule has 0 heterocycles. The molecule has 4 rings (SSSR count). The van der Waals surface area contributed by atoms with E-state index >= 15 is 0 Å². The van der Waals surface area contributed by atoms with Crippen molar-refractivity contribution in [2.24, 2.45) is 17.3 Å². The molecule has 2 unspecified atom stereocenters. The Morgan fingerprint density at radius 2 is 2.20 bits per heavy atom. The van der Waals surface area contributed by atoms with E-state index in [4.69, 9.17) is 22.1 Å². The summed E-state index contributed by atoms with van der Waals surface area (Å²) in [5, 5.41) is 0.661. The van der Waals surface area contributed by atoms with Gasteiger partial charge in [-0.25, -0.2) is 0 Å². The Hall–Kier alpha value is -1.15. The van der Waals surface area contributed by atoms with Crippen LogP contribution in [0.3, 0.4) is 0 Å². The Morgan fingerprint density at radius 3 is 2.90 bits per heavy atom. The molecule has 3 aliphatic rings. The van der Waals surface area contributed by atoms with Crippen LogP contribution in [0.4, 0.5) is 5.69 Å². The minimum atomic E-state index is 0.485. The van der Waals surface area contributed by atoms with Gasteiger partial charge in [-0.05, 0) is 42.2 Å². The van der Waals surface area contributed by atoms with E-state index in [1.807, 2.05) is 0 Å². The molecule has 3 aliphatic carbocycles. The summed E-state index contributed by atoms with van der Waals surface area (Å²) in [4.78, 5) is 0. The third-order valence-corrected chi connectivity index (χ3v) is 5.44. The van der Waals surface area contributed by atoms with E-state index in [0.717, 1.165) is 18.3 Å². The van der Waals surface area contributed by atoms with Gasteiger partial charge in [-0.1, -0.05) is 37.1 Å². The van der Waals surface area contributed by atoms with Crippen LogP contribution in [0, 0.1) is 17.3 Å². The summed E-state index contributed by atoms with van der Waals surface area (Å²) in [6.45, 7) is 5.47. The van der Waals surface area contributed by atoms with Crippen molar-refractivity contribution in [3.05, 3.63) is 34.9 Å². The molecule has 2 nitrogen and oxygen atoms in total. The summed E-state index contributed by atoms with van der Waals surface area (Å²) in [5.41, 5.74) is 8.59. The molecule has 1 saturated carbocycles. The van der Waals surface area contributed by atoms with E-state index < -0.39 is 0 Å². The quantitative estimate of drug-likeness (QED) is 0.645. The van der Waals surface area contributed by atoms with Crippen LogP contribution in [-0.2, 0) is 0 Å². The molecule has 3 heteroatoms. The number of rotatable bonds is 4. The number of allylic oxidation sites excluding steroid dienone is 1. The monoisotopic (exact) mass is 291 g/mol. The van der Waals surface area contributed by atoms with E-state index in [1.165, 1.54) is 12.8 Å². The summed E-state index contributed by atoms with van der Waals surface area (Å²) in [5.74, 6) is 2.34. The Labute approximate surface area is 126 Å². The molecular formula is C17H22ClNO. The Morgan fingerprint density at radius 1 is 1.40 bits per heavy atom. The van der Waals surface area contributed by atoms with Gasteiger partial charge in [-0.2, -0.15) is 0 Å². The summed E-state index contributed by atoms with van der Waals surface area (Å²) in [7, 11) is 0. The summed E-state index contributed by atoms with van der Waals surface area (Å²) >= 11 is 5.96. The minimum Gasteiger partial charge on any atom is -0.491 e. The normalized spacial score (nSPS) is 26.6. The predicted octanol–water partition coefficient (Wildman–Crippen LogP) is 4.68. The molecule has 0 aliphatic heterocycles. The first-order valence-electron chi connectivity index (χ1n) is 7.35. The van der Waals surface area contributed by atoms with Crippen LogP contribution in [0.25, 0.3) is 0 Å².